The maximum absolute atomic E-state index is 12.8. The van der Waals surface area contributed by atoms with E-state index in [0.29, 0.717) is 18.5 Å². The molecule has 0 amide bonds. The summed E-state index contributed by atoms with van der Waals surface area (Å²) in [6, 6.07) is 4.75. The highest BCUT2D eigenvalue weighted by Gasteiger charge is 2.35. The third-order valence-electron chi connectivity index (χ3n) is 4.05. The van der Waals surface area contributed by atoms with E-state index in [0.717, 1.165) is 30.6 Å². The molecule has 5 heteroatoms. The van der Waals surface area contributed by atoms with Crippen LogP contribution in [0.3, 0.4) is 0 Å². The molecular formula is C16H23F3N2. The van der Waals surface area contributed by atoms with Gasteiger partial charge in [-0.3, -0.25) is 0 Å². The fourth-order valence-electron chi connectivity index (χ4n) is 3.18. The van der Waals surface area contributed by atoms with Crippen LogP contribution in [0.1, 0.15) is 37.8 Å². The first-order chi connectivity index (χ1) is 9.84. The quantitative estimate of drug-likeness (QED) is 0.831. The van der Waals surface area contributed by atoms with Gasteiger partial charge in [-0.25, -0.2) is 0 Å². The lowest BCUT2D eigenvalue weighted by Gasteiger charge is -2.31. The third kappa shape index (κ3) is 3.51. The summed E-state index contributed by atoms with van der Waals surface area (Å²) < 4.78 is 38.5. The van der Waals surface area contributed by atoms with Gasteiger partial charge in [0.2, 0.25) is 0 Å². The summed E-state index contributed by atoms with van der Waals surface area (Å²) in [5, 5.41) is 3.12. The molecule has 1 aromatic rings. The topological polar surface area (TPSA) is 15.3 Å². The van der Waals surface area contributed by atoms with Crippen molar-refractivity contribution in [2.24, 2.45) is 0 Å². The average Bonchev–Trinajstić information content (AvgIpc) is 2.75. The molecule has 21 heavy (non-hydrogen) atoms. The van der Waals surface area contributed by atoms with Gasteiger partial charge in [0.25, 0.3) is 0 Å². The van der Waals surface area contributed by atoms with Gasteiger partial charge < -0.3 is 10.2 Å². The lowest BCUT2D eigenvalue weighted by Crippen LogP contribution is -2.38. The zero-order valence-electron chi connectivity index (χ0n) is 12.8. The van der Waals surface area contributed by atoms with E-state index in [1.54, 1.807) is 6.07 Å². The van der Waals surface area contributed by atoms with Gasteiger partial charge in [-0.2, -0.15) is 13.2 Å². The fourth-order valence-corrected chi connectivity index (χ4v) is 3.18. The average molecular weight is 300 g/mol. The zero-order chi connectivity index (χ0) is 15.6. The molecule has 2 rings (SSSR count). The first-order valence-electron chi connectivity index (χ1n) is 7.47. The van der Waals surface area contributed by atoms with Crippen molar-refractivity contribution >= 4 is 5.69 Å². The van der Waals surface area contributed by atoms with Crippen LogP contribution in [0.15, 0.2) is 18.2 Å². The highest BCUT2D eigenvalue weighted by molar-refractivity contribution is 5.61. The molecule has 1 aliphatic heterocycles. The lowest BCUT2D eigenvalue weighted by atomic mass is 10.0. The van der Waals surface area contributed by atoms with Crippen molar-refractivity contribution in [3.63, 3.8) is 0 Å². The van der Waals surface area contributed by atoms with Gasteiger partial charge in [0.1, 0.15) is 0 Å². The standard InChI is InChI=1S/C16H23F3N2/c1-11(2)21-14(5-4-8-20-3)10-12-9-13(16(17,18)19)6-7-15(12)21/h6-7,9,11,14,20H,4-5,8,10H2,1-3H3. The number of fused-ring (bicyclic) bond motifs is 1. The first-order valence-corrected chi connectivity index (χ1v) is 7.47. The molecule has 118 valence electrons. The SMILES string of the molecule is CNCCCC1Cc2cc(C(F)(F)F)ccc2N1C(C)C. The molecule has 0 aliphatic carbocycles. The Labute approximate surface area is 124 Å². The van der Waals surface area contributed by atoms with Crippen molar-refractivity contribution < 1.29 is 13.2 Å². The summed E-state index contributed by atoms with van der Waals surface area (Å²) in [5.74, 6) is 0. The molecule has 0 aromatic heterocycles. The number of halogens is 3. The summed E-state index contributed by atoms with van der Waals surface area (Å²) in [7, 11) is 1.92. The van der Waals surface area contributed by atoms with Gasteiger partial charge in [-0.05, 0) is 70.5 Å². The van der Waals surface area contributed by atoms with Crippen molar-refractivity contribution in [1.82, 2.24) is 5.32 Å². The molecule has 2 nitrogen and oxygen atoms in total. The number of nitrogens with zero attached hydrogens (tertiary/aromatic N) is 1. The van der Waals surface area contributed by atoms with Gasteiger partial charge in [0, 0.05) is 17.8 Å². The summed E-state index contributed by atoms with van der Waals surface area (Å²) in [6.45, 7) is 5.13. The molecule has 0 radical (unpaired) electrons. The maximum atomic E-state index is 12.8. The summed E-state index contributed by atoms with van der Waals surface area (Å²) in [4.78, 5) is 2.27. The van der Waals surface area contributed by atoms with Crippen molar-refractivity contribution in [2.75, 3.05) is 18.5 Å². The second-order valence-corrected chi connectivity index (χ2v) is 5.95. The maximum Gasteiger partial charge on any atom is 0.416 e. The van der Waals surface area contributed by atoms with Crippen molar-refractivity contribution in [3.05, 3.63) is 29.3 Å². The molecular weight excluding hydrogens is 277 g/mol. The fraction of sp³-hybridized carbons (Fsp3) is 0.625. The monoisotopic (exact) mass is 300 g/mol. The van der Waals surface area contributed by atoms with Crippen molar-refractivity contribution in [1.29, 1.82) is 0 Å². The van der Waals surface area contributed by atoms with Crippen LogP contribution in [0.5, 0.6) is 0 Å². The highest BCUT2D eigenvalue weighted by atomic mass is 19.4. The minimum absolute atomic E-state index is 0.294. The highest BCUT2D eigenvalue weighted by Crippen LogP contribution is 2.39. The number of rotatable bonds is 5. The molecule has 1 N–H and O–H groups in total. The van der Waals surface area contributed by atoms with Gasteiger partial charge in [0.05, 0.1) is 5.56 Å². The molecule has 0 bridgehead atoms. The number of nitrogens with one attached hydrogen (secondary N) is 1. The van der Waals surface area contributed by atoms with Gasteiger partial charge in [-0.1, -0.05) is 0 Å². The van der Waals surface area contributed by atoms with Gasteiger partial charge in [0.15, 0.2) is 0 Å². The molecule has 1 unspecified atom stereocenters. The Hall–Kier alpha value is -1.23. The van der Waals surface area contributed by atoms with Gasteiger partial charge in [-0.15, -0.1) is 0 Å². The van der Waals surface area contributed by atoms with E-state index in [4.69, 9.17) is 0 Å². The van der Waals surface area contributed by atoms with Crippen LogP contribution in [-0.4, -0.2) is 25.7 Å². The van der Waals surface area contributed by atoms with Crippen LogP contribution < -0.4 is 10.2 Å². The molecule has 1 aliphatic rings. The van der Waals surface area contributed by atoms with E-state index in [-0.39, 0.29) is 0 Å². The normalized spacial score (nSPS) is 18.4. The largest absolute Gasteiger partial charge is 0.416 e. The number of hydrogen-bond acceptors (Lipinski definition) is 2. The Morgan fingerprint density at radius 2 is 2.05 bits per heavy atom. The zero-order valence-corrected chi connectivity index (χ0v) is 12.8. The van der Waals surface area contributed by atoms with E-state index in [1.165, 1.54) is 12.1 Å². The molecule has 0 saturated heterocycles. The Kier molecular flexibility index (Phi) is 4.81. The predicted octanol–water partition coefficient (Wildman–Crippen LogP) is 3.84. The second kappa shape index (κ2) is 6.26. The Balaban J connectivity index is 2.23. The van der Waals surface area contributed by atoms with Crippen LogP contribution in [0.4, 0.5) is 18.9 Å². The molecule has 1 heterocycles. The van der Waals surface area contributed by atoms with Crippen LogP contribution in [0, 0.1) is 0 Å². The predicted molar refractivity (Wildman–Crippen MR) is 79.7 cm³/mol. The van der Waals surface area contributed by atoms with E-state index < -0.39 is 11.7 Å². The van der Waals surface area contributed by atoms with Crippen LogP contribution >= 0.6 is 0 Å². The molecule has 1 atom stereocenters. The lowest BCUT2D eigenvalue weighted by molar-refractivity contribution is -0.137. The second-order valence-electron chi connectivity index (χ2n) is 5.95. The van der Waals surface area contributed by atoms with E-state index in [9.17, 15) is 13.2 Å². The number of hydrogen-bond donors (Lipinski definition) is 1. The van der Waals surface area contributed by atoms with Crippen LogP contribution in [0.2, 0.25) is 0 Å². The molecule has 0 saturated carbocycles. The number of alkyl halides is 3. The van der Waals surface area contributed by atoms with Crippen LogP contribution in [0.25, 0.3) is 0 Å². The third-order valence-corrected chi connectivity index (χ3v) is 4.05. The summed E-state index contributed by atoms with van der Waals surface area (Å²) in [5.41, 5.74) is 1.25. The molecule has 1 aromatic carbocycles. The Morgan fingerprint density at radius 3 is 2.62 bits per heavy atom. The van der Waals surface area contributed by atoms with E-state index in [2.05, 4.69) is 24.1 Å². The summed E-state index contributed by atoms with van der Waals surface area (Å²) >= 11 is 0. The molecule has 0 spiro atoms. The van der Waals surface area contributed by atoms with Crippen molar-refractivity contribution in [3.8, 4) is 0 Å². The minimum atomic E-state index is -4.26. The summed E-state index contributed by atoms with van der Waals surface area (Å²) in [6.07, 6.45) is -1.53. The Morgan fingerprint density at radius 1 is 1.33 bits per heavy atom. The Bertz CT molecular complexity index is 483. The van der Waals surface area contributed by atoms with E-state index in [1.807, 2.05) is 7.05 Å². The van der Waals surface area contributed by atoms with Crippen molar-refractivity contribution in [2.45, 2.75) is 51.4 Å². The van der Waals surface area contributed by atoms with Gasteiger partial charge >= 0.3 is 6.18 Å². The number of benzene rings is 1. The first kappa shape index (κ1) is 16.1. The minimum Gasteiger partial charge on any atom is -0.366 e. The number of anilines is 1. The van der Waals surface area contributed by atoms with Crippen LogP contribution in [-0.2, 0) is 12.6 Å². The van der Waals surface area contributed by atoms with E-state index >= 15 is 0 Å². The smallest absolute Gasteiger partial charge is 0.366 e. The molecule has 0 fully saturated rings.